The zero-order chi connectivity index (χ0) is 56.3. The summed E-state index contributed by atoms with van der Waals surface area (Å²) in [6.45, 7) is -5.89. The van der Waals surface area contributed by atoms with Gasteiger partial charge in [-0.25, -0.2) is 48.4 Å². The van der Waals surface area contributed by atoms with Gasteiger partial charge in [0.1, 0.15) is 72.6 Å². The van der Waals surface area contributed by atoms with E-state index < -0.39 is 129 Å². The normalized spacial score (nSPS) is 28.1. The molecule has 5 aromatic heterocycles. The molecule has 3 aliphatic rings. The summed E-state index contributed by atoms with van der Waals surface area (Å²) in [5.41, 5.74) is 11.1. The number of hydrogen-bond acceptors (Lipinski definition) is 28. The first-order valence-electron chi connectivity index (χ1n) is 22.9. The van der Waals surface area contributed by atoms with E-state index in [9.17, 15) is 47.8 Å². The molecule has 0 saturated carbocycles. The van der Waals surface area contributed by atoms with Crippen LogP contribution in [-0.2, 0) is 90.3 Å². The third-order valence-electron chi connectivity index (χ3n) is 11.9. The van der Waals surface area contributed by atoms with Crippen LogP contribution in [0.2, 0.25) is 0 Å². The van der Waals surface area contributed by atoms with E-state index in [0.29, 0.717) is 0 Å². The Labute approximate surface area is 444 Å². The Morgan fingerprint density at radius 2 is 1.15 bits per heavy atom. The van der Waals surface area contributed by atoms with Gasteiger partial charge in [0.05, 0.1) is 65.0 Å². The first kappa shape index (κ1) is 60.1. The maximum absolute atomic E-state index is 14.3. The third kappa shape index (κ3) is 14.2. The molecule has 0 bridgehead atoms. The molecule has 0 radical (unpaired) electrons. The number of nitrogens with two attached hydrogens (primary N) is 2. The van der Waals surface area contributed by atoms with Gasteiger partial charge < -0.3 is 78.1 Å². The number of H-pyrrole nitrogens is 1. The van der Waals surface area contributed by atoms with Gasteiger partial charge in [-0.05, 0) is 18.7 Å². The number of phosphoric ester groups is 3. The van der Waals surface area contributed by atoms with E-state index in [1.54, 1.807) is 0 Å². The van der Waals surface area contributed by atoms with E-state index in [2.05, 4.69) is 34.9 Å². The average Bonchev–Trinajstić information content (AvgIpc) is 4.29. The number of nitrogen functional groups attached to an aromatic ring is 2. The Kier molecular flexibility index (Phi) is 19.2. The van der Waals surface area contributed by atoms with Crippen LogP contribution in [0.25, 0.3) is 22.3 Å². The van der Waals surface area contributed by atoms with Crippen molar-refractivity contribution in [2.24, 2.45) is 0 Å². The monoisotopic (exact) mass is 1210 g/mol. The number of ether oxygens (including phenoxy) is 7. The summed E-state index contributed by atoms with van der Waals surface area (Å²) in [6.07, 6.45) is -10.8. The van der Waals surface area contributed by atoms with Crippen LogP contribution >= 0.6 is 30.2 Å². The van der Waals surface area contributed by atoms with Crippen molar-refractivity contribution >= 4 is 76.0 Å². The number of aromatic nitrogens is 10. The standard InChI is InChI=1S/C37H54N12O24P4S/c1-18-10-47(37(51)46-34(18)50)23-9-19(71-77(59,78)62-4)20(68-23)11-66-75(55,56)73-27-22(70-36(29(27)64-8-6-61-3)49-17-45-25-31(39)41-15-43-33(25)49)13-67-76(57,58)72-26-21(12-65-74(52,53)54)69-35(28(26)63-7-5-60-2)48-16-44-24-30(38)40-14-42-32(24)48/h10,14-17,19-23,26-29,35-36H,5-9,11-13H2,1-4H3,(H,55,56)(H,57,58)(H,59,78)(H2,38,40,42)(H2,39,41,43)(H,46,50,51)(H2,52,53,54)/t19-,20-,21-,22-,23-,26+,27+,28?,29?,35-,36-,77?/m1/s1. The second-order valence-electron chi connectivity index (χ2n) is 17.0. The maximum atomic E-state index is 14.3. The van der Waals surface area contributed by atoms with Gasteiger partial charge in [-0.1, -0.05) is 0 Å². The van der Waals surface area contributed by atoms with Gasteiger partial charge in [-0.3, -0.25) is 46.1 Å². The fraction of sp³-hybridized carbons (Fsp3) is 0.622. The molecule has 14 atom stereocenters. The summed E-state index contributed by atoms with van der Waals surface area (Å²) in [4.78, 5) is 105. The molecule has 0 spiro atoms. The minimum absolute atomic E-state index is 0.0215. The van der Waals surface area contributed by atoms with Crippen LogP contribution in [0.3, 0.4) is 0 Å². The smallest absolute Gasteiger partial charge is 0.382 e. The van der Waals surface area contributed by atoms with Crippen molar-refractivity contribution in [3.05, 3.63) is 57.9 Å². The molecule has 0 aromatic carbocycles. The molecule has 5 aromatic rings. The predicted molar refractivity (Wildman–Crippen MR) is 263 cm³/mol. The minimum atomic E-state index is -5.51. The van der Waals surface area contributed by atoms with Crippen molar-refractivity contribution in [2.75, 3.05) is 79.0 Å². The van der Waals surface area contributed by atoms with Crippen molar-refractivity contribution in [1.29, 1.82) is 0 Å². The highest BCUT2D eigenvalue weighted by molar-refractivity contribution is 8.07. The molecule has 5 unspecified atom stereocenters. The lowest BCUT2D eigenvalue weighted by atomic mass is 10.1. The first-order chi connectivity index (χ1) is 36.9. The zero-order valence-corrected chi connectivity index (χ0v) is 45.7. The average molecular weight is 1210 g/mol. The number of anilines is 2. The lowest BCUT2D eigenvalue weighted by Gasteiger charge is -2.28. The Hall–Kier alpha value is -4.04. The van der Waals surface area contributed by atoms with Crippen LogP contribution in [-0.4, -0.2) is 189 Å². The van der Waals surface area contributed by atoms with Crippen LogP contribution in [0, 0.1) is 6.92 Å². The molecule has 41 heteroatoms. The van der Waals surface area contributed by atoms with E-state index in [1.807, 2.05) is 0 Å². The van der Waals surface area contributed by atoms with Crippen LogP contribution in [0.5, 0.6) is 0 Å². The summed E-state index contributed by atoms with van der Waals surface area (Å²) in [5.74, 6) is -0.0631. The lowest BCUT2D eigenvalue weighted by Crippen LogP contribution is -2.40. The molecule has 0 aliphatic carbocycles. The van der Waals surface area contributed by atoms with E-state index in [-0.39, 0.29) is 72.4 Å². The van der Waals surface area contributed by atoms with Gasteiger partial charge in [0.2, 0.25) is 0 Å². The summed E-state index contributed by atoms with van der Waals surface area (Å²) in [6, 6.07) is 0. The molecule has 10 N–H and O–H groups in total. The number of imidazole rings is 2. The Morgan fingerprint density at radius 3 is 1.63 bits per heavy atom. The molecule has 36 nitrogen and oxygen atoms in total. The highest BCUT2D eigenvalue weighted by Gasteiger charge is 2.55. The van der Waals surface area contributed by atoms with E-state index in [1.165, 1.54) is 49.1 Å². The largest absolute Gasteiger partial charge is 0.472 e. The van der Waals surface area contributed by atoms with Crippen LogP contribution in [0.4, 0.5) is 11.6 Å². The number of hydrogen-bond donors (Lipinski definition) is 8. The minimum Gasteiger partial charge on any atom is -0.382 e. The Balaban J connectivity index is 1.09. The highest BCUT2D eigenvalue weighted by atomic mass is 32.5. The molecule has 432 valence electrons. The van der Waals surface area contributed by atoms with Gasteiger partial charge in [-0.15, -0.1) is 0 Å². The molecule has 8 heterocycles. The van der Waals surface area contributed by atoms with E-state index in [0.717, 1.165) is 24.3 Å². The second-order valence-corrected chi connectivity index (χ2v) is 24.0. The predicted octanol–water partition coefficient (Wildman–Crippen LogP) is -0.803. The number of nitrogens with zero attached hydrogens (tertiary/aromatic N) is 9. The third-order valence-corrected chi connectivity index (χ3v) is 16.1. The fourth-order valence-corrected chi connectivity index (χ4v) is 11.7. The molecule has 3 aliphatic heterocycles. The quantitative estimate of drug-likeness (QED) is 0.0236. The molecule has 8 rings (SSSR count). The van der Waals surface area contributed by atoms with Crippen LogP contribution in [0.15, 0.2) is 41.1 Å². The number of aromatic amines is 1. The SMILES string of the molecule is COCCOC1[C@@H](OP(=O)(O)OC[C@H]2O[C@@H](n3cnc4c(N)ncnc43)C(OCCOC)[C@H]2OP(=O)(O)OC[C@H]2O[C@@H](n3cc(C)c(=O)[nH]c3=O)C[C@H]2OP(O)(=S)OC)[C@@H](COP(=O)(O)O)O[C@H]1n1cnc2c(N)ncnc21. The first-order valence-corrected chi connectivity index (χ1v) is 30.0. The number of methoxy groups -OCH3 is 2. The lowest BCUT2D eigenvalue weighted by molar-refractivity contribution is -0.0816. The molecular formula is C37H54N12O24P4S. The summed E-state index contributed by atoms with van der Waals surface area (Å²) < 4.78 is 123. The Bertz CT molecular complexity index is 3220. The summed E-state index contributed by atoms with van der Waals surface area (Å²) >= 11 is 5.05. The Morgan fingerprint density at radius 1 is 0.667 bits per heavy atom. The summed E-state index contributed by atoms with van der Waals surface area (Å²) in [5, 5.41) is 0. The molecule has 3 fully saturated rings. The van der Waals surface area contributed by atoms with Gasteiger partial charge in [-0.2, -0.15) is 0 Å². The van der Waals surface area contributed by atoms with Crippen molar-refractivity contribution in [2.45, 2.75) is 80.9 Å². The van der Waals surface area contributed by atoms with Crippen molar-refractivity contribution in [3.8, 4) is 0 Å². The number of nitrogens with one attached hydrogen (secondary N) is 1. The van der Waals surface area contributed by atoms with Gasteiger partial charge >= 0.3 is 35.9 Å². The number of fused-ring (bicyclic) bond motifs is 2. The summed E-state index contributed by atoms with van der Waals surface area (Å²) in [7, 11) is -12.4. The topological polar surface area (TPSA) is 476 Å². The van der Waals surface area contributed by atoms with Crippen LogP contribution < -0.4 is 22.7 Å². The number of aryl methyl sites for hydroxylation is 1. The highest BCUT2D eigenvalue weighted by Crippen LogP contribution is 2.54. The van der Waals surface area contributed by atoms with Crippen molar-refractivity contribution in [1.82, 2.24) is 48.6 Å². The van der Waals surface area contributed by atoms with Crippen LogP contribution in [0.1, 0.15) is 30.7 Å². The van der Waals surface area contributed by atoms with Gasteiger partial charge in [0, 0.05) is 39.5 Å². The van der Waals surface area contributed by atoms with Gasteiger partial charge in [0.15, 0.2) is 35.4 Å². The number of rotatable bonds is 27. The molecular weight excluding hydrogens is 1150 g/mol. The second kappa shape index (κ2) is 25.0. The maximum Gasteiger partial charge on any atom is 0.472 e. The molecule has 3 saturated heterocycles. The number of phosphoric acid groups is 3. The van der Waals surface area contributed by atoms with E-state index >= 15 is 0 Å². The molecule has 78 heavy (non-hydrogen) atoms. The fourth-order valence-electron chi connectivity index (χ4n) is 8.41. The molecule has 0 amide bonds. The van der Waals surface area contributed by atoms with Crippen molar-refractivity contribution < 1.29 is 103 Å². The van der Waals surface area contributed by atoms with Crippen molar-refractivity contribution in [3.63, 3.8) is 0 Å². The van der Waals surface area contributed by atoms with E-state index in [4.69, 9.17) is 88.1 Å². The zero-order valence-electron chi connectivity index (χ0n) is 41.3. The van der Waals surface area contributed by atoms with Gasteiger partial charge in [0.25, 0.3) is 5.56 Å².